The fourth-order valence-electron chi connectivity index (χ4n) is 1.65. The third kappa shape index (κ3) is 3.57. The van der Waals surface area contributed by atoms with Crippen LogP contribution in [-0.2, 0) is 13.1 Å². The van der Waals surface area contributed by atoms with Gasteiger partial charge < -0.3 is 10.6 Å². The molecule has 2 aromatic heterocycles. The number of nitrogen functional groups attached to an aromatic ring is 1. The van der Waals surface area contributed by atoms with Crippen molar-refractivity contribution in [3.8, 4) is 0 Å². The number of rotatable bonds is 5. The average molecular weight is 231 g/mol. The Morgan fingerprint density at radius 1 is 1.29 bits per heavy atom. The van der Waals surface area contributed by atoms with Crippen LogP contribution in [0.5, 0.6) is 0 Å². The molecule has 2 aromatic rings. The minimum atomic E-state index is 0.571. The topological polar surface area (TPSA) is 60.0 Å². The molecule has 0 radical (unpaired) electrons. The van der Waals surface area contributed by atoms with Crippen LogP contribution in [0.15, 0.2) is 36.8 Å². The summed E-state index contributed by atoms with van der Waals surface area (Å²) in [6.07, 6.45) is 5.53. The van der Waals surface area contributed by atoms with Gasteiger partial charge in [-0.3, -0.25) is 9.67 Å². The maximum Gasteiger partial charge on any atom is 0.145 e. The number of likely N-dealkylation sites (N-methyl/N-ethyl adjacent to an activating group) is 1. The van der Waals surface area contributed by atoms with E-state index >= 15 is 0 Å². The third-order valence-electron chi connectivity index (χ3n) is 2.57. The number of aromatic nitrogens is 3. The van der Waals surface area contributed by atoms with Crippen LogP contribution in [0.3, 0.4) is 0 Å². The first-order valence-electron chi connectivity index (χ1n) is 5.60. The predicted octanol–water partition coefficient (Wildman–Crippen LogP) is 0.992. The lowest BCUT2D eigenvalue weighted by molar-refractivity contribution is 0.305. The fraction of sp³-hybridized carbons (Fsp3) is 0.333. The molecular weight excluding hydrogens is 214 g/mol. The first-order chi connectivity index (χ1) is 8.24. The van der Waals surface area contributed by atoms with Gasteiger partial charge in [-0.2, -0.15) is 5.10 Å². The highest BCUT2D eigenvalue weighted by atomic mass is 15.3. The molecule has 0 aliphatic carbocycles. The second-order valence-corrected chi connectivity index (χ2v) is 4.10. The Balaban J connectivity index is 1.80. The van der Waals surface area contributed by atoms with E-state index in [9.17, 15) is 0 Å². The Kier molecular flexibility index (Phi) is 3.72. The maximum absolute atomic E-state index is 5.56. The van der Waals surface area contributed by atoms with Crippen molar-refractivity contribution in [1.29, 1.82) is 0 Å². The molecular formula is C12H17N5. The van der Waals surface area contributed by atoms with Gasteiger partial charge in [0, 0.05) is 31.7 Å². The summed E-state index contributed by atoms with van der Waals surface area (Å²) >= 11 is 0. The second-order valence-electron chi connectivity index (χ2n) is 4.10. The molecule has 5 heteroatoms. The van der Waals surface area contributed by atoms with Gasteiger partial charge in [0.1, 0.15) is 5.82 Å². The van der Waals surface area contributed by atoms with Gasteiger partial charge in [0.15, 0.2) is 0 Å². The van der Waals surface area contributed by atoms with E-state index in [2.05, 4.69) is 22.0 Å². The monoisotopic (exact) mass is 231 g/mol. The average Bonchev–Trinajstić information content (AvgIpc) is 2.74. The summed E-state index contributed by atoms with van der Waals surface area (Å²) in [5.74, 6) is 0.571. The Morgan fingerprint density at radius 3 is 2.71 bits per heavy atom. The van der Waals surface area contributed by atoms with Crippen molar-refractivity contribution in [2.75, 3.05) is 19.3 Å². The van der Waals surface area contributed by atoms with Crippen molar-refractivity contribution in [1.82, 2.24) is 19.7 Å². The minimum absolute atomic E-state index is 0.571. The summed E-state index contributed by atoms with van der Waals surface area (Å²) in [4.78, 5) is 6.25. The zero-order valence-electron chi connectivity index (χ0n) is 9.95. The molecule has 0 unspecified atom stereocenters. The van der Waals surface area contributed by atoms with Crippen molar-refractivity contribution < 1.29 is 0 Å². The van der Waals surface area contributed by atoms with E-state index in [1.807, 2.05) is 41.5 Å². The quantitative estimate of drug-likeness (QED) is 0.833. The zero-order chi connectivity index (χ0) is 12.1. The van der Waals surface area contributed by atoms with Crippen molar-refractivity contribution in [3.63, 3.8) is 0 Å². The van der Waals surface area contributed by atoms with Gasteiger partial charge in [0.25, 0.3) is 0 Å². The van der Waals surface area contributed by atoms with Crippen molar-refractivity contribution in [2.24, 2.45) is 0 Å². The van der Waals surface area contributed by atoms with Crippen molar-refractivity contribution in [3.05, 3.63) is 42.4 Å². The molecule has 0 aromatic carbocycles. The van der Waals surface area contributed by atoms with Gasteiger partial charge in [-0.1, -0.05) is 0 Å². The molecule has 0 bridgehead atoms. The summed E-state index contributed by atoms with van der Waals surface area (Å²) < 4.78 is 1.86. The van der Waals surface area contributed by atoms with Crippen LogP contribution in [0.1, 0.15) is 5.56 Å². The van der Waals surface area contributed by atoms with Crippen LogP contribution >= 0.6 is 0 Å². The molecule has 2 heterocycles. The van der Waals surface area contributed by atoms with Crippen LogP contribution in [-0.4, -0.2) is 33.3 Å². The lowest BCUT2D eigenvalue weighted by atomic mass is 10.2. The predicted molar refractivity (Wildman–Crippen MR) is 67.2 cm³/mol. The van der Waals surface area contributed by atoms with Crippen molar-refractivity contribution in [2.45, 2.75) is 13.1 Å². The summed E-state index contributed by atoms with van der Waals surface area (Å²) in [6.45, 7) is 2.70. The molecule has 0 atom stereocenters. The first-order valence-corrected chi connectivity index (χ1v) is 5.60. The number of nitrogens with two attached hydrogens (primary N) is 1. The summed E-state index contributed by atoms with van der Waals surface area (Å²) in [6, 6.07) is 5.87. The number of pyridine rings is 1. The van der Waals surface area contributed by atoms with E-state index in [1.54, 1.807) is 0 Å². The van der Waals surface area contributed by atoms with E-state index in [0.29, 0.717) is 5.82 Å². The number of anilines is 1. The minimum Gasteiger partial charge on any atom is -0.382 e. The fourth-order valence-corrected chi connectivity index (χ4v) is 1.65. The smallest absolute Gasteiger partial charge is 0.145 e. The molecule has 0 aliphatic rings. The highest BCUT2D eigenvalue weighted by Gasteiger charge is 2.01. The van der Waals surface area contributed by atoms with Crippen LogP contribution in [0.25, 0.3) is 0 Å². The van der Waals surface area contributed by atoms with Crippen molar-refractivity contribution >= 4 is 5.82 Å². The summed E-state index contributed by atoms with van der Waals surface area (Å²) in [5, 5.41) is 4.15. The van der Waals surface area contributed by atoms with E-state index in [-0.39, 0.29) is 0 Å². The highest BCUT2D eigenvalue weighted by molar-refractivity contribution is 5.23. The molecule has 17 heavy (non-hydrogen) atoms. The molecule has 2 rings (SSSR count). The Hall–Kier alpha value is -1.88. The van der Waals surface area contributed by atoms with Gasteiger partial charge >= 0.3 is 0 Å². The normalized spacial score (nSPS) is 10.9. The molecule has 5 nitrogen and oxygen atoms in total. The number of nitrogens with zero attached hydrogens (tertiary/aromatic N) is 4. The van der Waals surface area contributed by atoms with E-state index in [1.165, 1.54) is 5.56 Å². The maximum atomic E-state index is 5.56. The first kappa shape index (κ1) is 11.6. The molecule has 0 spiro atoms. The molecule has 0 aliphatic heterocycles. The second kappa shape index (κ2) is 5.45. The molecule has 0 saturated heterocycles. The van der Waals surface area contributed by atoms with Crippen LogP contribution < -0.4 is 5.73 Å². The van der Waals surface area contributed by atoms with Gasteiger partial charge in [-0.05, 0) is 30.8 Å². The number of hydrogen-bond donors (Lipinski definition) is 1. The van der Waals surface area contributed by atoms with E-state index in [0.717, 1.165) is 19.6 Å². The third-order valence-corrected chi connectivity index (χ3v) is 2.57. The standard InChI is InChI=1S/C12H17N5/c1-16(10-11-2-5-14-6-3-11)8-9-17-7-4-12(13)15-17/h2-7H,8-10H2,1H3,(H2,13,15). The van der Waals surface area contributed by atoms with Gasteiger partial charge in [-0.25, -0.2) is 0 Å². The largest absolute Gasteiger partial charge is 0.382 e. The van der Waals surface area contributed by atoms with Gasteiger partial charge in [0.05, 0.1) is 6.54 Å². The lowest BCUT2D eigenvalue weighted by Gasteiger charge is -2.16. The van der Waals surface area contributed by atoms with Gasteiger partial charge in [-0.15, -0.1) is 0 Å². The zero-order valence-corrected chi connectivity index (χ0v) is 9.95. The summed E-state index contributed by atoms with van der Waals surface area (Å²) in [5.41, 5.74) is 6.82. The SMILES string of the molecule is CN(CCn1ccc(N)n1)Cc1ccncc1. The Labute approximate surface area is 101 Å². The molecule has 0 saturated carbocycles. The molecule has 90 valence electrons. The number of hydrogen-bond acceptors (Lipinski definition) is 4. The van der Waals surface area contributed by atoms with Crippen LogP contribution in [0, 0.1) is 0 Å². The summed E-state index contributed by atoms with van der Waals surface area (Å²) in [7, 11) is 2.09. The molecule has 0 fully saturated rings. The Morgan fingerprint density at radius 2 is 2.06 bits per heavy atom. The van der Waals surface area contributed by atoms with Gasteiger partial charge in [0.2, 0.25) is 0 Å². The van der Waals surface area contributed by atoms with Crippen LogP contribution in [0.2, 0.25) is 0 Å². The Bertz CT molecular complexity index is 451. The van der Waals surface area contributed by atoms with E-state index < -0.39 is 0 Å². The molecule has 2 N–H and O–H groups in total. The lowest BCUT2D eigenvalue weighted by Crippen LogP contribution is -2.23. The molecule has 0 amide bonds. The van der Waals surface area contributed by atoms with E-state index in [4.69, 9.17) is 5.73 Å². The van der Waals surface area contributed by atoms with Crippen LogP contribution in [0.4, 0.5) is 5.82 Å². The highest BCUT2D eigenvalue weighted by Crippen LogP contribution is 2.02.